The molecule has 0 fully saturated rings. The summed E-state index contributed by atoms with van der Waals surface area (Å²) in [4.78, 5) is 11.7. The average Bonchev–Trinajstić information content (AvgIpc) is 3.33. The molecule has 5 nitrogen and oxygen atoms in total. The number of nitrogens with zero attached hydrogens (tertiary/aromatic N) is 4. The second-order valence-corrected chi connectivity index (χ2v) is 6.65. The zero-order valence-electron chi connectivity index (χ0n) is 13.0. The van der Waals surface area contributed by atoms with Gasteiger partial charge in [-0.15, -0.1) is 16.4 Å². The van der Waals surface area contributed by atoms with Crippen LogP contribution in [0, 0.1) is 6.57 Å². The summed E-state index contributed by atoms with van der Waals surface area (Å²) in [6.07, 6.45) is 1.76. The Morgan fingerprint density at radius 2 is 1.84 bits per heavy atom. The average molecular weight is 341 g/mol. The van der Waals surface area contributed by atoms with Crippen LogP contribution < -0.4 is 0 Å². The maximum absolute atomic E-state index is 7.50. The van der Waals surface area contributed by atoms with Gasteiger partial charge in [-0.05, 0) is 12.1 Å². The van der Waals surface area contributed by atoms with E-state index in [9.17, 15) is 0 Å². The maximum atomic E-state index is 7.50. The maximum Gasteiger partial charge on any atom is 0.218 e. The van der Waals surface area contributed by atoms with Crippen LogP contribution in [0.5, 0.6) is 0 Å². The van der Waals surface area contributed by atoms with Crippen molar-refractivity contribution in [2.24, 2.45) is 0 Å². The van der Waals surface area contributed by atoms with Gasteiger partial charge in [0, 0.05) is 11.8 Å². The Kier molecular flexibility index (Phi) is 2.96. The van der Waals surface area contributed by atoms with Crippen molar-refractivity contribution < 1.29 is 0 Å². The third-order valence-electron chi connectivity index (χ3n) is 4.09. The number of rotatable bonds is 2. The van der Waals surface area contributed by atoms with Gasteiger partial charge in [0.25, 0.3) is 0 Å². The summed E-state index contributed by atoms with van der Waals surface area (Å²) in [6.45, 7) is 7.50. The molecular weight excluding hydrogens is 330 g/mol. The first-order valence-corrected chi connectivity index (χ1v) is 8.55. The van der Waals surface area contributed by atoms with Gasteiger partial charge in [0.1, 0.15) is 10.7 Å². The minimum Gasteiger partial charge on any atom is -0.323 e. The molecule has 118 valence electrons. The molecule has 0 amide bonds. The molecule has 0 saturated heterocycles. The molecule has 0 bridgehead atoms. The molecule has 3 heterocycles. The summed E-state index contributed by atoms with van der Waals surface area (Å²) < 4.78 is 2.84. The van der Waals surface area contributed by atoms with E-state index in [0.29, 0.717) is 5.69 Å². The fourth-order valence-electron chi connectivity index (χ4n) is 2.93. The van der Waals surface area contributed by atoms with Crippen LogP contribution >= 0.6 is 11.3 Å². The van der Waals surface area contributed by atoms with Crippen LogP contribution in [0.25, 0.3) is 42.7 Å². The normalized spacial score (nSPS) is 11.2. The van der Waals surface area contributed by atoms with E-state index in [0.717, 1.165) is 37.8 Å². The van der Waals surface area contributed by atoms with Crippen LogP contribution in [0.15, 0.2) is 60.8 Å². The second-order valence-electron chi connectivity index (χ2n) is 5.62. The molecule has 0 atom stereocenters. The smallest absolute Gasteiger partial charge is 0.218 e. The van der Waals surface area contributed by atoms with Crippen LogP contribution in [-0.2, 0) is 0 Å². The Balaban J connectivity index is 1.76. The van der Waals surface area contributed by atoms with Crippen LogP contribution in [0.1, 0.15) is 0 Å². The Morgan fingerprint density at radius 1 is 1.04 bits per heavy atom. The number of fused-ring (bicyclic) bond motifs is 2. The van der Waals surface area contributed by atoms with Gasteiger partial charge >= 0.3 is 0 Å². The Bertz CT molecular complexity index is 1220. The van der Waals surface area contributed by atoms with Crippen LogP contribution in [0.3, 0.4) is 0 Å². The molecule has 0 unspecified atom stereocenters. The molecule has 0 saturated carbocycles. The first kappa shape index (κ1) is 14.0. The molecule has 0 aliphatic heterocycles. The predicted molar refractivity (Wildman–Crippen MR) is 99.9 cm³/mol. The van der Waals surface area contributed by atoms with Crippen molar-refractivity contribution in [2.45, 2.75) is 0 Å². The Morgan fingerprint density at radius 3 is 2.64 bits per heavy atom. The largest absolute Gasteiger partial charge is 0.323 e. The second kappa shape index (κ2) is 5.30. The van der Waals surface area contributed by atoms with E-state index in [-0.39, 0.29) is 0 Å². The standard InChI is InChI=1S/C19H11N5S/c1-20-14-11-24-18(22-17(23-24)12-7-3-2-4-8-12)16(14)19-21-13-9-5-6-10-15(13)25-19/h2-11H,(H,22,23). The zero-order valence-corrected chi connectivity index (χ0v) is 13.8. The van der Waals surface area contributed by atoms with Crippen LogP contribution in [-0.4, -0.2) is 19.6 Å². The van der Waals surface area contributed by atoms with Crippen molar-refractivity contribution in [3.8, 4) is 22.0 Å². The van der Waals surface area contributed by atoms with Gasteiger partial charge < -0.3 is 4.98 Å². The molecular formula is C19H11N5S. The molecule has 5 rings (SSSR count). The van der Waals surface area contributed by atoms with Gasteiger partial charge in [-0.2, -0.15) is 0 Å². The van der Waals surface area contributed by atoms with Crippen molar-refractivity contribution in [3.05, 3.63) is 72.2 Å². The first-order chi connectivity index (χ1) is 12.3. The molecule has 6 heteroatoms. The molecule has 2 aromatic carbocycles. The van der Waals surface area contributed by atoms with E-state index in [1.807, 2.05) is 54.6 Å². The van der Waals surface area contributed by atoms with Gasteiger partial charge in [-0.3, -0.25) is 0 Å². The number of hydrogen-bond donors (Lipinski definition) is 1. The number of hydrogen-bond acceptors (Lipinski definition) is 3. The van der Waals surface area contributed by atoms with Gasteiger partial charge in [0.05, 0.1) is 22.4 Å². The molecule has 0 spiro atoms. The van der Waals surface area contributed by atoms with Crippen molar-refractivity contribution >= 4 is 32.9 Å². The lowest BCUT2D eigenvalue weighted by Crippen LogP contribution is -1.82. The van der Waals surface area contributed by atoms with E-state index in [4.69, 9.17) is 11.6 Å². The molecule has 3 aromatic heterocycles. The fourth-order valence-corrected chi connectivity index (χ4v) is 3.95. The van der Waals surface area contributed by atoms with E-state index < -0.39 is 0 Å². The summed E-state index contributed by atoms with van der Waals surface area (Å²) in [5.74, 6) is 0.773. The van der Waals surface area contributed by atoms with Crippen molar-refractivity contribution in [2.75, 3.05) is 0 Å². The molecule has 0 radical (unpaired) electrons. The Hall–Kier alpha value is -3.43. The van der Waals surface area contributed by atoms with Crippen molar-refractivity contribution in [1.82, 2.24) is 19.6 Å². The summed E-state index contributed by atoms with van der Waals surface area (Å²) in [5, 5.41) is 5.42. The van der Waals surface area contributed by atoms with E-state index in [1.54, 1.807) is 22.0 Å². The number of aromatic nitrogens is 4. The topological polar surface area (TPSA) is 50.3 Å². The minimum atomic E-state index is 0.553. The SMILES string of the molecule is [C-]#[N+]c1cn2nc(-c3ccccc3)[nH]c2c1-c1nc2ccccc2s1. The number of benzene rings is 2. The van der Waals surface area contributed by atoms with E-state index in [2.05, 4.69) is 14.9 Å². The summed E-state index contributed by atoms with van der Waals surface area (Å²) >= 11 is 1.59. The molecule has 5 aromatic rings. The van der Waals surface area contributed by atoms with Gasteiger partial charge in [-0.1, -0.05) is 42.5 Å². The fraction of sp³-hybridized carbons (Fsp3) is 0. The highest BCUT2D eigenvalue weighted by Crippen LogP contribution is 2.39. The third kappa shape index (κ3) is 2.14. The van der Waals surface area contributed by atoms with Gasteiger partial charge in [0.2, 0.25) is 5.69 Å². The Labute approximate surface area is 147 Å². The zero-order chi connectivity index (χ0) is 16.8. The molecule has 0 aliphatic rings. The number of aromatic amines is 1. The molecule has 0 aliphatic carbocycles. The predicted octanol–water partition coefficient (Wildman–Crippen LogP) is 5.16. The van der Waals surface area contributed by atoms with Gasteiger partial charge in [-0.25, -0.2) is 14.3 Å². The number of thiazole rings is 1. The summed E-state index contributed by atoms with van der Waals surface area (Å²) in [5.41, 5.74) is 4.11. The monoisotopic (exact) mass is 341 g/mol. The van der Waals surface area contributed by atoms with Crippen LogP contribution in [0.2, 0.25) is 0 Å². The van der Waals surface area contributed by atoms with Crippen molar-refractivity contribution in [1.29, 1.82) is 0 Å². The van der Waals surface area contributed by atoms with Crippen LogP contribution in [0.4, 0.5) is 5.69 Å². The lowest BCUT2D eigenvalue weighted by Gasteiger charge is -1.95. The third-order valence-corrected chi connectivity index (χ3v) is 5.14. The highest BCUT2D eigenvalue weighted by molar-refractivity contribution is 7.21. The highest BCUT2D eigenvalue weighted by atomic mass is 32.1. The van der Waals surface area contributed by atoms with E-state index in [1.165, 1.54) is 0 Å². The first-order valence-electron chi connectivity index (χ1n) is 7.73. The lowest BCUT2D eigenvalue weighted by atomic mass is 10.2. The summed E-state index contributed by atoms with van der Waals surface area (Å²) in [7, 11) is 0. The summed E-state index contributed by atoms with van der Waals surface area (Å²) in [6, 6.07) is 17.9. The number of para-hydroxylation sites is 1. The molecule has 1 N–H and O–H groups in total. The molecule has 25 heavy (non-hydrogen) atoms. The van der Waals surface area contributed by atoms with E-state index >= 15 is 0 Å². The minimum absolute atomic E-state index is 0.553. The van der Waals surface area contributed by atoms with Gasteiger partial charge in [0.15, 0.2) is 5.82 Å². The number of nitrogens with one attached hydrogen (secondary N) is 1. The van der Waals surface area contributed by atoms with Crippen molar-refractivity contribution in [3.63, 3.8) is 0 Å². The number of H-pyrrole nitrogens is 1. The lowest BCUT2D eigenvalue weighted by molar-refractivity contribution is 0.983. The highest BCUT2D eigenvalue weighted by Gasteiger charge is 2.19. The quantitative estimate of drug-likeness (QED) is 0.451.